The Kier molecular flexibility index (Phi) is 4.72. The van der Waals surface area contributed by atoms with E-state index in [0.717, 1.165) is 12.1 Å². The molecular formula is C12H21N3. The molecular weight excluding hydrogens is 186 g/mol. The maximum Gasteiger partial charge on any atom is 0.0578 e. The lowest BCUT2D eigenvalue weighted by Gasteiger charge is -2.30. The second kappa shape index (κ2) is 5.83. The lowest BCUT2D eigenvalue weighted by atomic mass is 9.93. The van der Waals surface area contributed by atoms with Crippen molar-refractivity contribution in [3.8, 4) is 0 Å². The molecule has 0 aliphatic rings. The molecule has 0 radical (unpaired) electrons. The molecule has 0 aliphatic heterocycles. The highest BCUT2D eigenvalue weighted by Gasteiger charge is 2.23. The first kappa shape index (κ1) is 12.1. The van der Waals surface area contributed by atoms with Gasteiger partial charge in [0.25, 0.3) is 0 Å². The number of rotatable bonds is 5. The molecule has 1 heterocycles. The van der Waals surface area contributed by atoms with Crippen LogP contribution < -0.4 is 5.73 Å². The maximum absolute atomic E-state index is 5.80. The summed E-state index contributed by atoms with van der Waals surface area (Å²) in [6.07, 6.45) is 2.92. The number of pyridine rings is 1. The van der Waals surface area contributed by atoms with Gasteiger partial charge < -0.3 is 10.6 Å². The number of nitrogens with two attached hydrogens (primary N) is 1. The topological polar surface area (TPSA) is 42.1 Å². The fourth-order valence-corrected chi connectivity index (χ4v) is 2.00. The zero-order valence-corrected chi connectivity index (χ0v) is 9.85. The van der Waals surface area contributed by atoms with Crippen LogP contribution >= 0.6 is 0 Å². The lowest BCUT2D eigenvalue weighted by molar-refractivity contribution is 0.206. The first-order valence-electron chi connectivity index (χ1n) is 5.48. The van der Waals surface area contributed by atoms with E-state index in [9.17, 15) is 0 Å². The van der Waals surface area contributed by atoms with E-state index < -0.39 is 0 Å². The highest BCUT2D eigenvalue weighted by Crippen LogP contribution is 2.26. The van der Waals surface area contributed by atoms with Gasteiger partial charge >= 0.3 is 0 Å². The van der Waals surface area contributed by atoms with Gasteiger partial charge in [-0.1, -0.05) is 19.4 Å². The van der Waals surface area contributed by atoms with Crippen LogP contribution in [0.3, 0.4) is 0 Å². The van der Waals surface area contributed by atoms with Crippen molar-refractivity contribution in [1.82, 2.24) is 9.88 Å². The van der Waals surface area contributed by atoms with E-state index in [-0.39, 0.29) is 0 Å². The second-order valence-electron chi connectivity index (χ2n) is 4.07. The zero-order valence-electron chi connectivity index (χ0n) is 9.85. The van der Waals surface area contributed by atoms with Gasteiger partial charge in [-0.05, 0) is 38.7 Å². The Balaban J connectivity index is 2.92. The van der Waals surface area contributed by atoms with E-state index >= 15 is 0 Å². The van der Waals surface area contributed by atoms with E-state index in [1.165, 1.54) is 0 Å². The minimum atomic E-state index is 0.321. The van der Waals surface area contributed by atoms with Gasteiger partial charge in [-0.15, -0.1) is 0 Å². The number of aromatic nitrogens is 1. The number of hydrogen-bond acceptors (Lipinski definition) is 3. The number of hydrogen-bond donors (Lipinski definition) is 1. The standard InChI is InChI=1S/C12H21N3/c1-4-10(9-13)12(15(2)3)11-7-5-6-8-14-11/h5-8,10,12H,4,9,13H2,1-3H3. The summed E-state index contributed by atoms with van der Waals surface area (Å²) in [6, 6.07) is 6.37. The summed E-state index contributed by atoms with van der Waals surface area (Å²) in [4.78, 5) is 6.62. The summed E-state index contributed by atoms with van der Waals surface area (Å²) in [5.41, 5.74) is 6.92. The molecule has 0 saturated heterocycles. The first-order chi connectivity index (χ1) is 7.20. The number of nitrogens with zero attached hydrogens (tertiary/aromatic N) is 2. The molecule has 0 aliphatic carbocycles. The summed E-state index contributed by atoms with van der Waals surface area (Å²) in [6.45, 7) is 2.88. The Morgan fingerprint density at radius 1 is 1.40 bits per heavy atom. The SMILES string of the molecule is CCC(CN)C(c1ccccn1)N(C)C. The molecule has 0 amide bonds. The van der Waals surface area contributed by atoms with Crippen molar-refractivity contribution in [2.45, 2.75) is 19.4 Å². The van der Waals surface area contributed by atoms with Crippen molar-refractivity contribution in [1.29, 1.82) is 0 Å². The molecule has 2 N–H and O–H groups in total. The third kappa shape index (κ3) is 3.01. The van der Waals surface area contributed by atoms with Crippen LogP contribution in [0.5, 0.6) is 0 Å². The Morgan fingerprint density at radius 3 is 2.53 bits per heavy atom. The quantitative estimate of drug-likeness (QED) is 0.798. The molecule has 0 aromatic carbocycles. The lowest BCUT2D eigenvalue weighted by Crippen LogP contribution is -2.32. The van der Waals surface area contributed by atoms with E-state index in [0.29, 0.717) is 18.5 Å². The van der Waals surface area contributed by atoms with E-state index in [1.807, 2.05) is 18.3 Å². The molecule has 0 fully saturated rings. The van der Waals surface area contributed by atoms with Gasteiger partial charge in [0, 0.05) is 6.20 Å². The molecule has 15 heavy (non-hydrogen) atoms. The molecule has 0 saturated carbocycles. The Morgan fingerprint density at radius 2 is 2.13 bits per heavy atom. The van der Waals surface area contributed by atoms with Crippen molar-refractivity contribution in [2.24, 2.45) is 11.7 Å². The first-order valence-corrected chi connectivity index (χ1v) is 5.48. The normalized spacial score (nSPS) is 15.3. The van der Waals surface area contributed by atoms with Gasteiger partial charge in [0.15, 0.2) is 0 Å². The molecule has 3 nitrogen and oxygen atoms in total. The Bertz CT molecular complexity index is 267. The predicted molar refractivity (Wildman–Crippen MR) is 63.5 cm³/mol. The van der Waals surface area contributed by atoms with Crippen molar-refractivity contribution in [2.75, 3.05) is 20.6 Å². The van der Waals surface area contributed by atoms with E-state index in [4.69, 9.17) is 5.73 Å². The van der Waals surface area contributed by atoms with Crippen LogP contribution in [-0.4, -0.2) is 30.5 Å². The van der Waals surface area contributed by atoms with Gasteiger partial charge in [-0.3, -0.25) is 4.98 Å². The molecule has 2 unspecified atom stereocenters. The van der Waals surface area contributed by atoms with Gasteiger partial charge in [-0.2, -0.15) is 0 Å². The molecule has 1 rings (SSSR count). The van der Waals surface area contributed by atoms with E-state index in [1.54, 1.807) is 0 Å². The minimum absolute atomic E-state index is 0.321. The van der Waals surface area contributed by atoms with Crippen LogP contribution in [0.1, 0.15) is 25.1 Å². The molecule has 3 heteroatoms. The summed E-state index contributed by atoms with van der Waals surface area (Å²) in [7, 11) is 4.16. The Hall–Kier alpha value is -0.930. The fourth-order valence-electron chi connectivity index (χ4n) is 2.00. The van der Waals surface area contributed by atoms with Crippen LogP contribution in [0.15, 0.2) is 24.4 Å². The minimum Gasteiger partial charge on any atom is -0.330 e. The third-order valence-corrected chi connectivity index (χ3v) is 2.82. The summed E-state index contributed by atoms with van der Waals surface area (Å²) < 4.78 is 0. The van der Waals surface area contributed by atoms with E-state index in [2.05, 4.69) is 37.0 Å². The van der Waals surface area contributed by atoms with Crippen LogP contribution in [0.4, 0.5) is 0 Å². The largest absolute Gasteiger partial charge is 0.330 e. The van der Waals surface area contributed by atoms with Crippen molar-refractivity contribution >= 4 is 0 Å². The highest BCUT2D eigenvalue weighted by molar-refractivity contribution is 5.10. The summed E-state index contributed by atoms with van der Waals surface area (Å²) >= 11 is 0. The molecule has 84 valence electrons. The van der Waals surface area contributed by atoms with Crippen LogP contribution in [0.2, 0.25) is 0 Å². The average molecular weight is 207 g/mol. The van der Waals surface area contributed by atoms with Crippen molar-refractivity contribution in [3.05, 3.63) is 30.1 Å². The maximum atomic E-state index is 5.80. The summed E-state index contributed by atoms with van der Waals surface area (Å²) in [5.74, 6) is 0.468. The fraction of sp³-hybridized carbons (Fsp3) is 0.583. The Labute approximate surface area is 92.3 Å². The molecule has 2 atom stereocenters. The van der Waals surface area contributed by atoms with Gasteiger partial charge in [0.1, 0.15) is 0 Å². The second-order valence-corrected chi connectivity index (χ2v) is 4.07. The zero-order chi connectivity index (χ0) is 11.3. The average Bonchev–Trinajstić information content (AvgIpc) is 2.26. The monoisotopic (exact) mass is 207 g/mol. The molecule has 1 aromatic heterocycles. The summed E-state index contributed by atoms with van der Waals surface area (Å²) in [5, 5.41) is 0. The predicted octanol–water partition coefficient (Wildman–Crippen LogP) is 1.67. The van der Waals surface area contributed by atoms with Gasteiger partial charge in [-0.25, -0.2) is 0 Å². The van der Waals surface area contributed by atoms with Gasteiger partial charge in [0.05, 0.1) is 11.7 Å². The smallest absolute Gasteiger partial charge is 0.0578 e. The molecule has 0 bridgehead atoms. The van der Waals surface area contributed by atoms with Crippen LogP contribution in [-0.2, 0) is 0 Å². The van der Waals surface area contributed by atoms with Crippen LogP contribution in [0.25, 0.3) is 0 Å². The van der Waals surface area contributed by atoms with Crippen molar-refractivity contribution < 1.29 is 0 Å². The highest BCUT2D eigenvalue weighted by atomic mass is 15.1. The molecule has 0 spiro atoms. The molecule has 1 aromatic rings. The van der Waals surface area contributed by atoms with Crippen molar-refractivity contribution in [3.63, 3.8) is 0 Å². The van der Waals surface area contributed by atoms with Crippen LogP contribution in [0, 0.1) is 5.92 Å². The van der Waals surface area contributed by atoms with Gasteiger partial charge in [0.2, 0.25) is 0 Å². The third-order valence-electron chi connectivity index (χ3n) is 2.82.